The molecule has 1 saturated heterocycles. The molecule has 0 aliphatic carbocycles. The van der Waals surface area contributed by atoms with Crippen molar-refractivity contribution in [2.24, 2.45) is 5.92 Å². The maximum atomic E-state index is 6.24. The van der Waals surface area contributed by atoms with Gasteiger partial charge < -0.3 is 15.6 Å². The molecular weight excluding hydrogens is 338 g/mol. The lowest BCUT2D eigenvalue weighted by atomic mass is 10.1. The Hall–Kier alpha value is -2.93. The number of nitrogens with two attached hydrogens (primary N) is 1. The van der Waals surface area contributed by atoms with Gasteiger partial charge in [-0.2, -0.15) is 5.10 Å². The van der Waals surface area contributed by atoms with E-state index in [-0.39, 0.29) is 0 Å². The van der Waals surface area contributed by atoms with Crippen LogP contribution in [0.2, 0.25) is 0 Å². The minimum atomic E-state index is 0.496. The lowest BCUT2D eigenvalue weighted by Gasteiger charge is -2.11. The zero-order chi connectivity index (χ0) is 18.4. The van der Waals surface area contributed by atoms with Crippen LogP contribution in [0.15, 0.2) is 36.7 Å². The van der Waals surface area contributed by atoms with Gasteiger partial charge in [0.2, 0.25) is 0 Å². The van der Waals surface area contributed by atoms with Crippen LogP contribution in [0.1, 0.15) is 19.2 Å². The van der Waals surface area contributed by atoms with E-state index in [1.807, 2.05) is 29.1 Å². The summed E-state index contributed by atoms with van der Waals surface area (Å²) in [4.78, 5) is 15.4. The summed E-state index contributed by atoms with van der Waals surface area (Å²) in [5, 5.41) is 5.30. The zero-order valence-electron chi connectivity index (χ0n) is 15.4. The fourth-order valence-electron chi connectivity index (χ4n) is 4.10. The molecule has 1 atom stereocenters. The molecule has 5 rings (SSSR count). The third kappa shape index (κ3) is 2.84. The number of likely N-dealkylation sites (tertiary alicyclic amines) is 1. The van der Waals surface area contributed by atoms with Crippen LogP contribution in [0.5, 0.6) is 0 Å². The maximum absolute atomic E-state index is 6.24. The number of imidazole rings is 1. The van der Waals surface area contributed by atoms with E-state index in [1.165, 1.54) is 13.0 Å². The van der Waals surface area contributed by atoms with Gasteiger partial charge in [-0.25, -0.2) is 14.6 Å². The Bertz CT molecular complexity index is 1100. The molecule has 0 amide bonds. The van der Waals surface area contributed by atoms with E-state index in [2.05, 4.69) is 33.0 Å². The highest BCUT2D eigenvalue weighted by Crippen LogP contribution is 2.29. The SMILES string of the molecule is CCN1CCC(Cc2nc3c([nH]2)c(N)nc2cc(-n4cccn4)ccc23)C1. The summed E-state index contributed by atoms with van der Waals surface area (Å²) >= 11 is 0. The first-order valence-electron chi connectivity index (χ1n) is 9.51. The number of anilines is 1. The average molecular weight is 361 g/mol. The average Bonchev–Trinajstić information content (AvgIpc) is 3.42. The number of aromatic nitrogens is 5. The van der Waals surface area contributed by atoms with Gasteiger partial charge in [-0.15, -0.1) is 0 Å². The van der Waals surface area contributed by atoms with Crippen molar-refractivity contribution in [1.29, 1.82) is 0 Å². The Labute approximate surface area is 157 Å². The second kappa shape index (κ2) is 6.35. The lowest BCUT2D eigenvalue weighted by Crippen LogP contribution is -2.20. The molecule has 7 nitrogen and oxygen atoms in total. The number of hydrogen-bond donors (Lipinski definition) is 2. The predicted octanol–water partition coefficient (Wildman–Crippen LogP) is 2.76. The first-order chi connectivity index (χ1) is 13.2. The van der Waals surface area contributed by atoms with Gasteiger partial charge in [0.1, 0.15) is 22.7 Å². The Morgan fingerprint density at radius 1 is 1.30 bits per heavy atom. The summed E-state index contributed by atoms with van der Waals surface area (Å²) in [7, 11) is 0. The Morgan fingerprint density at radius 3 is 3.00 bits per heavy atom. The first kappa shape index (κ1) is 16.3. The molecule has 1 unspecified atom stereocenters. The van der Waals surface area contributed by atoms with Crippen molar-refractivity contribution < 1.29 is 0 Å². The van der Waals surface area contributed by atoms with E-state index in [4.69, 9.17) is 10.7 Å². The van der Waals surface area contributed by atoms with Crippen LogP contribution in [0.4, 0.5) is 5.82 Å². The number of nitrogens with zero attached hydrogens (tertiary/aromatic N) is 5. The zero-order valence-corrected chi connectivity index (χ0v) is 15.4. The number of H-pyrrole nitrogens is 1. The largest absolute Gasteiger partial charge is 0.382 e. The molecule has 4 aromatic rings. The number of aromatic amines is 1. The molecular formula is C20H23N7. The van der Waals surface area contributed by atoms with Crippen LogP contribution in [0.25, 0.3) is 27.6 Å². The number of fused-ring (bicyclic) bond motifs is 3. The Kier molecular flexibility index (Phi) is 3.82. The van der Waals surface area contributed by atoms with Gasteiger partial charge in [-0.05, 0) is 49.7 Å². The van der Waals surface area contributed by atoms with Crippen molar-refractivity contribution in [1.82, 2.24) is 29.6 Å². The molecule has 7 heteroatoms. The molecule has 4 heterocycles. The lowest BCUT2D eigenvalue weighted by molar-refractivity contribution is 0.341. The van der Waals surface area contributed by atoms with Crippen molar-refractivity contribution in [2.75, 3.05) is 25.4 Å². The molecule has 1 aromatic carbocycles. The summed E-state index contributed by atoms with van der Waals surface area (Å²) in [6.07, 6.45) is 5.86. The Balaban J connectivity index is 1.53. The van der Waals surface area contributed by atoms with E-state index in [9.17, 15) is 0 Å². The minimum absolute atomic E-state index is 0.496. The van der Waals surface area contributed by atoms with Gasteiger partial charge in [-0.3, -0.25) is 0 Å². The van der Waals surface area contributed by atoms with Crippen LogP contribution in [-0.2, 0) is 6.42 Å². The molecule has 3 aromatic heterocycles. The highest BCUT2D eigenvalue weighted by Gasteiger charge is 2.23. The molecule has 138 valence electrons. The van der Waals surface area contributed by atoms with Gasteiger partial charge in [0.25, 0.3) is 0 Å². The molecule has 27 heavy (non-hydrogen) atoms. The van der Waals surface area contributed by atoms with Crippen molar-refractivity contribution in [3.05, 3.63) is 42.5 Å². The Morgan fingerprint density at radius 2 is 2.22 bits per heavy atom. The number of hydrogen-bond acceptors (Lipinski definition) is 5. The fourth-order valence-corrected chi connectivity index (χ4v) is 4.10. The van der Waals surface area contributed by atoms with Crippen molar-refractivity contribution in [2.45, 2.75) is 19.8 Å². The number of rotatable bonds is 4. The summed E-state index contributed by atoms with van der Waals surface area (Å²) in [6.45, 7) is 5.68. The number of nitrogen functional groups attached to an aromatic ring is 1. The smallest absolute Gasteiger partial charge is 0.150 e. The molecule has 1 fully saturated rings. The highest BCUT2D eigenvalue weighted by atomic mass is 15.3. The number of nitrogens with one attached hydrogen (secondary N) is 1. The van der Waals surface area contributed by atoms with E-state index in [1.54, 1.807) is 6.20 Å². The third-order valence-electron chi connectivity index (χ3n) is 5.55. The minimum Gasteiger partial charge on any atom is -0.382 e. The third-order valence-corrected chi connectivity index (χ3v) is 5.55. The first-order valence-corrected chi connectivity index (χ1v) is 9.51. The van der Waals surface area contributed by atoms with Crippen molar-refractivity contribution in [3.63, 3.8) is 0 Å². The quantitative estimate of drug-likeness (QED) is 0.583. The van der Waals surface area contributed by atoms with E-state index in [0.717, 1.165) is 53.0 Å². The monoisotopic (exact) mass is 361 g/mol. The van der Waals surface area contributed by atoms with Crippen LogP contribution >= 0.6 is 0 Å². The highest BCUT2D eigenvalue weighted by molar-refractivity contribution is 6.06. The molecule has 3 N–H and O–H groups in total. The topological polar surface area (TPSA) is 88.6 Å². The summed E-state index contributed by atoms with van der Waals surface area (Å²) in [5.74, 6) is 2.15. The molecule has 1 aliphatic rings. The molecule has 0 radical (unpaired) electrons. The second-order valence-corrected chi connectivity index (χ2v) is 7.31. The molecule has 1 aliphatic heterocycles. The van der Waals surface area contributed by atoms with E-state index < -0.39 is 0 Å². The van der Waals surface area contributed by atoms with Crippen molar-refractivity contribution in [3.8, 4) is 5.69 Å². The standard InChI is InChI=1S/C20H23N7/c1-2-26-9-6-13(12-26)10-17-24-18-15-5-4-14(27-8-3-7-22-27)11-16(15)23-20(21)19(18)25-17/h3-5,7-8,11,13H,2,6,9-10,12H2,1H3,(H2,21,23)(H,24,25). The van der Waals surface area contributed by atoms with Gasteiger partial charge in [0, 0.05) is 30.7 Å². The van der Waals surface area contributed by atoms with Gasteiger partial charge in [0.15, 0.2) is 0 Å². The van der Waals surface area contributed by atoms with Gasteiger partial charge in [-0.1, -0.05) is 6.92 Å². The van der Waals surface area contributed by atoms with Crippen LogP contribution in [0.3, 0.4) is 0 Å². The fraction of sp³-hybridized carbons (Fsp3) is 0.350. The van der Waals surface area contributed by atoms with E-state index >= 15 is 0 Å². The number of pyridine rings is 1. The van der Waals surface area contributed by atoms with Crippen molar-refractivity contribution >= 4 is 27.8 Å². The van der Waals surface area contributed by atoms with Crippen LogP contribution in [0, 0.1) is 5.92 Å². The summed E-state index contributed by atoms with van der Waals surface area (Å²) in [5.41, 5.74) is 9.79. The summed E-state index contributed by atoms with van der Waals surface area (Å²) in [6, 6.07) is 8.00. The van der Waals surface area contributed by atoms with Gasteiger partial charge >= 0.3 is 0 Å². The molecule has 0 spiro atoms. The predicted molar refractivity (Wildman–Crippen MR) is 107 cm³/mol. The normalized spacial score (nSPS) is 18.0. The van der Waals surface area contributed by atoms with Crippen LogP contribution < -0.4 is 5.73 Å². The number of benzene rings is 1. The second-order valence-electron chi connectivity index (χ2n) is 7.31. The molecule has 0 saturated carbocycles. The molecule has 0 bridgehead atoms. The van der Waals surface area contributed by atoms with E-state index in [0.29, 0.717) is 11.7 Å². The van der Waals surface area contributed by atoms with Gasteiger partial charge in [0.05, 0.1) is 11.2 Å². The maximum Gasteiger partial charge on any atom is 0.150 e. The summed E-state index contributed by atoms with van der Waals surface area (Å²) < 4.78 is 1.82. The van der Waals surface area contributed by atoms with Crippen LogP contribution in [-0.4, -0.2) is 49.3 Å².